The molecule has 1 aromatic heterocycles. The highest BCUT2D eigenvalue weighted by molar-refractivity contribution is 5.87. The molecule has 0 amide bonds. The molecule has 0 spiro atoms. The third kappa shape index (κ3) is 4.20. The molecular formula is C30H24N2O3. The van der Waals surface area contributed by atoms with Crippen molar-refractivity contribution in [3.8, 4) is 5.75 Å². The van der Waals surface area contributed by atoms with Crippen molar-refractivity contribution in [2.24, 2.45) is 0 Å². The zero-order chi connectivity index (χ0) is 24.1. The van der Waals surface area contributed by atoms with Crippen molar-refractivity contribution < 1.29 is 14.6 Å². The number of rotatable bonds is 8. The molecule has 0 aliphatic heterocycles. The van der Waals surface area contributed by atoms with Gasteiger partial charge in [-0.15, -0.1) is 0 Å². The number of ether oxygens (including phenoxy) is 1. The summed E-state index contributed by atoms with van der Waals surface area (Å²) >= 11 is 0. The van der Waals surface area contributed by atoms with Crippen molar-refractivity contribution in [3.63, 3.8) is 0 Å². The Morgan fingerprint density at radius 2 is 1.23 bits per heavy atom. The van der Waals surface area contributed by atoms with Gasteiger partial charge in [0.15, 0.2) is 0 Å². The molecule has 1 heterocycles. The molecule has 35 heavy (non-hydrogen) atoms. The van der Waals surface area contributed by atoms with Crippen molar-refractivity contribution in [3.05, 3.63) is 156 Å². The van der Waals surface area contributed by atoms with Crippen molar-refractivity contribution >= 4 is 5.97 Å². The molecule has 172 valence electrons. The van der Waals surface area contributed by atoms with Gasteiger partial charge in [0.25, 0.3) is 0 Å². The smallest absolute Gasteiger partial charge is 0.335 e. The van der Waals surface area contributed by atoms with Gasteiger partial charge in [-0.25, -0.2) is 9.78 Å². The summed E-state index contributed by atoms with van der Waals surface area (Å²) in [6.07, 6.45) is 3.77. The largest absolute Gasteiger partial charge is 0.486 e. The lowest BCUT2D eigenvalue weighted by molar-refractivity contribution is 0.0697. The maximum atomic E-state index is 11.2. The number of carboxylic acid groups (broad SMARTS) is 1. The molecule has 0 saturated carbocycles. The van der Waals surface area contributed by atoms with Crippen LogP contribution in [0.1, 0.15) is 32.9 Å². The van der Waals surface area contributed by atoms with Crippen LogP contribution in [-0.4, -0.2) is 20.6 Å². The molecule has 5 aromatic rings. The molecule has 0 saturated heterocycles. The Balaban J connectivity index is 1.64. The quantitative estimate of drug-likeness (QED) is 0.289. The van der Waals surface area contributed by atoms with E-state index in [2.05, 4.69) is 45.9 Å². The van der Waals surface area contributed by atoms with E-state index in [9.17, 15) is 4.79 Å². The van der Waals surface area contributed by atoms with Gasteiger partial charge >= 0.3 is 5.97 Å². The minimum absolute atomic E-state index is 0.216. The molecular weight excluding hydrogens is 436 g/mol. The molecule has 0 aliphatic rings. The second-order valence-corrected chi connectivity index (χ2v) is 8.14. The van der Waals surface area contributed by atoms with E-state index < -0.39 is 11.5 Å². The van der Waals surface area contributed by atoms with Crippen LogP contribution in [0.2, 0.25) is 0 Å². The minimum Gasteiger partial charge on any atom is -0.486 e. The van der Waals surface area contributed by atoms with Crippen molar-refractivity contribution in [2.45, 2.75) is 12.1 Å². The van der Waals surface area contributed by atoms with Gasteiger partial charge in [-0.3, -0.25) is 0 Å². The summed E-state index contributed by atoms with van der Waals surface area (Å²) in [6.45, 7) is 0.216. The summed E-state index contributed by atoms with van der Waals surface area (Å²) in [7, 11) is 0. The summed E-state index contributed by atoms with van der Waals surface area (Å²) in [5.41, 5.74) is 2.84. The van der Waals surface area contributed by atoms with E-state index in [1.54, 1.807) is 18.3 Å². The van der Waals surface area contributed by atoms with Crippen LogP contribution in [0.5, 0.6) is 5.75 Å². The summed E-state index contributed by atoms with van der Waals surface area (Å²) in [6, 6.07) is 37.5. The minimum atomic E-state index is -0.967. The molecule has 0 atom stereocenters. The SMILES string of the molecule is O=C(O)c1ccc(OCc2nccn2C(c2ccccc2)(c2ccccc2)c2ccccc2)cc1. The summed E-state index contributed by atoms with van der Waals surface area (Å²) in [4.78, 5) is 15.8. The Morgan fingerprint density at radius 3 is 1.69 bits per heavy atom. The van der Waals surface area contributed by atoms with Crippen LogP contribution in [0.25, 0.3) is 0 Å². The van der Waals surface area contributed by atoms with Gasteiger partial charge in [0.05, 0.1) is 5.56 Å². The third-order valence-electron chi connectivity index (χ3n) is 6.12. The second kappa shape index (κ2) is 9.69. The molecule has 0 bridgehead atoms. The number of nitrogens with zero attached hydrogens (tertiary/aromatic N) is 2. The highest BCUT2D eigenvalue weighted by Gasteiger charge is 2.39. The Kier molecular flexibility index (Phi) is 6.14. The standard InChI is InChI=1S/C30H24N2O3/c33-29(34)23-16-18-27(19-17-23)35-22-28-31-20-21-32(28)30(24-10-4-1-5-11-24,25-12-6-2-7-13-25)26-14-8-3-9-15-26/h1-21H,22H2,(H,33,34). The number of carboxylic acids is 1. The third-order valence-corrected chi connectivity index (χ3v) is 6.12. The number of benzene rings is 4. The highest BCUT2D eigenvalue weighted by atomic mass is 16.5. The fourth-order valence-electron chi connectivity index (χ4n) is 4.54. The summed E-state index contributed by atoms with van der Waals surface area (Å²) < 4.78 is 8.22. The van der Waals surface area contributed by atoms with E-state index in [0.29, 0.717) is 5.75 Å². The molecule has 0 radical (unpaired) electrons. The van der Waals surface area contributed by atoms with E-state index in [1.165, 1.54) is 12.1 Å². The first-order chi connectivity index (χ1) is 17.2. The van der Waals surface area contributed by atoms with Gasteiger partial charge < -0.3 is 14.4 Å². The maximum Gasteiger partial charge on any atom is 0.335 e. The average Bonchev–Trinajstić information content (AvgIpc) is 3.39. The van der Waals surface area contributed by atoms with Crippen LogP contribution in [0.15, 0.2) is 128 Å². The lowest BCUT2D eigenvalue weighted by Gasteiger charge is -2.38. The monoisotopic (exact) mass is 460 g/mol. The average molecular weight is 461 g/mol. The van der Waals surface area contributed by atoms with Gasteiger partial charge in [-0.2, -0.15) is 0 Å². The predicted octanol–water partition coefficient (Wildman–Crippen LogP) is 6.00. The lowest BCUT2D eigenvalue weighted by Crippen LogP contribution is -2.38. The number of hydrogen-bond donors (Lipinski definition) is 1. The zero-order valence-electron chi connectivity index (χ0n) is 19.0. The summed E-state index contributed by atoms with van der Waals surface area (Å²) in [5, 5.41) is 9.15. The van der Waals surface area contributed by atoms with E-state index in [4.69, 9.17) is 9.84 Å². The summed E-state index contributed by atoms with van der Waals surface area (Å²) in [5.74, 6) is 0.351. The number of hydrogen-bond acceptors (Lipinski definition) is 3. The first-order valence-electron chi connectivity index (χ1n) is 11.3. The van der Waals surface area contributed by atoms with E-state index in [0.717, 1.165) is 22.5 Å². The molecule has 0 aliphatic carbocycles. The van der Waals surface area contributed by atoms with Gasteiger partial charge in [-0.05, 0) is 41.0 Å². The normalized spacial score (nSPS) is 11.2. The van der Waals surface area contributed by atoms with Gasteiger partial charge in [-0.1, -0.05) is 91.0 Å². The zero-order valence-corrected chi connectivity index (χ0v) is 19.0. The number of imidazole rings is 1. The Hall–Kier alpha value is -4.64. The van der Waals surface area contributed by atoms with E-state index in [-0.39, 0.29) is 12.2 Å². The van der Waals surface area contributed by atoms with Crippen LogP contribution in [0.3, 0.4) is 0 Å². The molecule has 5 rings (SSSR count). The Labute approximate surface area is 203 Å². The Morgan fingerprint density at radius 1 is 0.743 bits per heavy atom. The molecule has 0 fully saturated rings. The first-order valence-corrected chi connectivity index (χ1v) is 11.3. The number of aromatic nitrogens is 2. The van der Waals surface area contributed by atoms with Gasteiger partial charge in [0.2, 0.25) is 0 Å². The van der Waals surface area contributed by atoms with Crippen LogP contribution >= 0.6 is 0 Å². The molecule has 1 N–H and O–H groups in total. The number of aromatic carboxylic acids is 1. The molecule has 4 aromatic carbocycles. The van der Waals surface area contributed by atoms with Crippen LogP contribution in [0.4, 0.5) is 0 Å². The second-order valence-electron chi connectivity index (χ2n) is 8.14. The van der Waals surface area contributed by atoms with E-state index >= 15 is 0 Å². The first kappa shape index (κ1) is 22.2. The highest BCUT2D eigenvalue weighted by Crippen LogP contribution is 2.41. The topological polar surface area (TPSA) is 64.3 Å². The van der Waals surface area contributed by atoms with Gasteiger partial charge in [0.1, 0.15) is 23.7 Å². The molecule has 5 heteroatoms. The lowest BCUT2D eigenvalue weighted by atomic mass is 9.76. The van der Waals surface area contributed by atoms with Crippen molar-refractivity contribution in [2.75, 3.05) is 0 Å². The maximum absolute atomic E-state index is 11.2. The Bertz CT molecular complexity index is 1300. The number of carbonyl (C=O) groups is 1. The van der Waals surface area contributed by atoms with E-state index in [1.807, 2.05) is 60.8 Å². The van der Waals surface area contributed by atoms with Crippen molar-refractivity contribution in [1.29, 1.82) is 0 Å². The van der Waals surface area contributed by atoms with Crippen LogP contribution in [-0.2, 0) is 12.1 Å². The fraction of sp³-hybridized carbons (Fsp3) is 0.0667. The van der Waals surface area contributed by atoms with Crippen LogP contribution < -0.4 is 4.74 Å². The molecule has 5 nitrogen and oxygen atoms in total. The predicted molar refractivity (Wildman–Crippen MR) is 135 cm³/mol. The van der Waals surface area contributed by atoms with Crippen LogP contribution in [0, 0.1) is 0 Å². The fourth-order valence-corrected chi connectivity index (χ4v) is 4.54. The molecule has 0 unspecified atom stereocenters. The van der Waals surface area contributed by atoms with Gasteiger partial charge in [0, 0.05) is 12.4 Å². The van der Waals surface area contributed by atoms with Crippen molar-refractivity contribution in [1.82, 2.24) is 9.55 Å².